The molecular formula is C15H22ClFN2. The molecule has 1 aromatic rings. The molecule has 1 aliphatic heterocycles. The fraction of sp³-hybridized carbons (Fsp3) is 0.600. The van der Waals surface area contributed by atoms with Crippen molar-refractivity contribution in [3.05, 3.63) is 34.6 Å². The zero-order chi connectivity index (χ0) is 13.7. The van der Waals surface area contributed by atoms with Crippen molar-refractivity contribution >= 4 is 11.6 Å². The number of nitrogens with zero attached hydrogens (tertiary/aromatic N) is 1. The standard InChI is InChI=1S/C15H22ClFN2/c1-2-7-19-8-5-14(6-9-19)18-11-12-3-4-13(17)10-15(12)16/h3-4,10,14,18H,2,5-9,11H2,1H3. The summed E-state index contributed by atoms with van der Waals surface area (Å²) in [4.78, 5) is 2.52. The molecule has 0 spiro atoms. The number of halogens is 2. The van der Waals surface area contributed by atoms with Crippen LogP contribution in [0.25, 0.3) is 0 Å². The normalized spacial score (nSPS) is 17.8. The molecule has 1 aromatic carbocycles. The van der Waals surface area contributed by atoms with E-state index in [0.717, 1.165) is 12.1 Å². The third-order valence-electron chi connectivity index (χ3n) is 3.72. The Morgan fingerprint density at radius 1 is 1.37 bits per heavy atom. The van der Waals surface area contributed by atoms with E-state index in [2.05, 4.69) is 17.1 Å². The van der Waals surface area contributed by atoms with Crippen molar-refractivity contribution in [1.29, 1.82) is 0 Å². The Bertz CT molecular complexity index is 403. The summed E-state index contributed by atoms with van der Waals surface area (Å²) < 4.78 is 12.9. The van der Waals surface area contributed by atoms with E-state index in [0.29, 0.717) is 11.1 Å². The van der Waals surface area contributed by atoms with Gasteiger partial charge in [-0.15, -0.1) is 0 Å². The second-order valence-corrected chi connectivity index (χ2v) is 5.64. The Hall–Kier alpha value is -0.640. The first-order valence-electron chi connectivity index (χ1n) is 7.08. The van der Waals surface area contributed by atoms with E-state index in [4.69, 9.17) is 11.6 Å². The highest BCUT2D eigenvalue weighted by molar-refractivity contribution is 6.31. The molecule has 0 aromatic heterocycles. The minimum Gasteiger partial charge on any atom is -0.310 e. The molecule has 0 bridgehead atoms. The average molecular weight is 285 g/mol. The van der Waals surface area contributed by atoms with Gasteiger partial charge in [0.25, 0.3) is 0 Å². The molecule has 0 aliphatic carbocycles. The van der Waals surface area contributed by atoms with Gasteiger partial charge in [-0.1, -0.05) is 24.6 Å². The Morgan fingerprint density at radius 2 is 2.11 bits per heavy atom. The van der Waals surface area contributed by atoms with Gasteiger partial charge in [0.1, 0.15) is 5.82 Å². The van der Waals surface area contributed by atoms with Crippen LogP contribution < -0.4 is 5.32 Å². The van der Waals surface area contributed by atoms with Gasteiger partial charge in [-0.3, -0.25) is 0 Å². The van der Waals surface area contributed by atoms with E-state index in [1.165, 1.54) is 51.0 Å². The number of hydrogen-bond acceptors (Lipinski definition) is 2. The summed E-state index contributed by atoms with van der Waals surface area (Å²) in [5.41, 5.74) is 0.971. The maximum Gasteiger partial charge on any atom is 0.124 e. The van der Waals surface area contributed by atoms with Crippen molar-refractivity contribution in [2.45, 2.75) is 38.8 Å². The molecule has 0 amide bonds. The van der Waals surface area contributed by atoms with Crippen molar-refractivity contribution in [2.75, 3.05) is 19.6 Å². The molecule has 1 heterocycles. The molecule has 1 N–H and O–H groups in total. The molecule has 2 nitrogen and oxygen atoms in total. The Labute approximate surface area is 119 Å². The second kappa shape index (κ2) is 7.22. The molecule has 0 radical (unpaired) electrons. The van der Waals surface area contributed by atoms with Gasteiger partial charge >= 0.3 is 0 Å². The first kappa shape index (κ1) is 14.8. The summed E-state index contributed by atoms with van der Waals surface area (Å²) in [6.07, 6.45) is 3.58. The molecule has 0 unspecified atom stereocenters. The van der Waals surface area contributed by atoms with Crippen LogP contribution in [0.1, 0.15) is 31.7 Å². The number of likely N-dealkylation sites (tertiary alicyclic amines) is 1. The minimum absolute atomic E-state index is 0.276. The lowest BCUT2D eigenvalue weighted by atomic mass is 10.0. The van der Waals surface area contributed by atoms with E-state index >= 15 is 0 Å². The van der Waals surface area contributed by atoms with Crippen LogP contribution in [0.5, 0.6) is 0 Å². The van der Waals surface area contributed by atoms with Crippen molar-refractivity contribution in [1.82, 2.24) is 10.2 Å². The first-order valence-corrected chi connectivity index (χ1v) is 7.46. The van der Waals surface area contributed by atoms with Crippen molar-refractivity contribution in [2.24, 2.45) is 0 Å². The Kier molecular flexibility index (Phi) is 5.61. The fourth-order valence-electron chi connectivity index (χ4n) is 2.60. The average Bonchev–Trinajstić information content (AvgIpc) is 2.40. The molecule has 106 valence electrons. The van der Waals surface area contributed by atoms with Gasteiger partial charge in [0.2, 0.25) is 0 Å². The summed E-state index contributed by atoms with van der Waals surface area (Å²) in [6, 6.07) is 5.15. The van der Waals surface area contributed by atoms with Crippen LogP contribution in [0, 0.1) is 5.82 Å². The highest BCUT2D eigenvalue weighted by Gasteiger charge is 2.18. The smallest absolute Gasteiger partial charge is 0.124 e. The van der Waals surface area contributed by atoms with Crippen molar-refractivity contribution < 1.29 is 4.39 Å². The molecule has 1 fully saturated rings. The van der Waals surface area contributed by atoms with Gasteiger partial charge in [0, 0.05) is 17.6 Å². The fourth-order valence-corrected chi connectivity index (χ4v) is 2.83. The van der Waals surface area contributed by atoms with Crippen LogP contribution in [-0.4, -0.2) is 30.6 Å². The number of piperidine rings is 1. The van der Waals surface area contributed by atoms with Crippen LogP contribution >= 0.6 is 11.6 Å². The molecule has 0 saturated carbocycles. The summed E-state index contributed by atoms with van der Waals surface area (Å²) >= 11 is 6.02. The number of benzene rings is 1. The number of rotatable bonds is 5. The van der Waals surface area contributed by atoms with E-state index in [9.17, 15) is 4.39 Å². The third-order valence-corrected chi connectivity index (χ3v) is 4.08. The molecule has 2 rings (SSSR count). The largest absolute Gasteiger partial charge is 0.310 e. The van der Waals surface area contributed by atoms with Crippen LogP contribution in [0.2, 0.25) is 5.02 Å². The van der Waals surface area contributed by atoms with E-state index in [1.54, 1.807) is 6.07 Å². The van der Waals surface area contributed by atoms with Gasteiger partial charge in [-0.25, -0.2) is 4.39 Å². The topological polar surface area (TPSA) is 15.3 Å². The third kappa shape index (κ3) is 4.44. The van der Waals surface area contributed by atoms with Crippen molar-refractivity contribution in [3.63, 3.8) is 0 Å². The Balaban J connectivity index is 1.77. The summed E-state index contributed by atoms with van der Waals surface area (Å²) in [5, 5.41) is 4.04. The quantitative estimate of drug-likeness (QED) is 0.891. The van der Waals surface area contributed by atoms with Crippen LogP contribution in [0.15, 0.2) is 18.2 Å². The van der Waals surface area contributed by atoms with Crippen LogP contribution in [0.4, 0.5) is 4.39 Å². The van der Waals surface area contributed by atoms with E-state index in [-0.39, 0.29) is 5.82 Å². The lowest BCUT2D eigenvalue weighted by Crippen LogP contribution is -2.42. The highest BCUT2D eigenvalue weighted by Crippen LogP contribution is 2.18. The summed E-state index contributed by atoms with van der Waals surface area (Å²) in [5.74, 6) is -0.276. The Morgan fingerprint density at radius 3 is 2.74 bits per heavy atom. The van der Waals surface area contributed by atoms with Gasteiger partial charge < -0.3 is 10.2 Å². The molecule has 4 heteroatoms. The first-order chi connectivity index (χ1) is 9.19. The predicted molar refractivity (Wildman–Crippen MR) is 78.0 cm³/mol. The number of nitrogens with one attached hydrogen (secondary N) is 1. The monoisotopic (exact) mass is 284 g/mol. The van der Waals surface area contributed by atoms with Crippen molar-refractivity contribution in [3.8, 4) is 0 Å². The van der Waals surface area contributed by atoms with E-state index in [1.807, 2.05) is 0 Å². The minimum atomic E-state index is -0.276. The molecule has 19 heavy (non-hydrogen) atoms. The number of hydrogen-bond donors (Lipinski definition) is 1. The highest BCUT2D eigenvalue weighted by atomic mass is 35.5. The lowest BCUT2D eigenvalue weighted by molar-refractivity contribution is 0.197. The van der Waals surface area contributed by atoms with Gasteiger partial charge in [-0.2, -0.15) is 0 Å². The molecule has 0 atom stereocenters. The maximum absolute atomic E-state index is 12.9. The summed E-state index contributed by atoms with van der Waals surface area (Å²) in [6.45, 7) is 6.49. The van der Waals surface area contributed by atoms with E-state index < -0.39 is 0 Å². The summed E-state index contributed by atoms with van der Waals surface area (Å²) in [7, 11) is 0. The molecule has 1 aliphatic rings. The SMILES string of the molecule is CCCN1CCC(NCc2ccc(F)cc2Cl)CC1. The molecule has 1 saturated heterocycles. The van der Waals surface area contributed by atoms with Gasteiger partial charge in [-0.05, 0) is 56.6 Å². The van der Waals surface area contributed by atoms with Crippen LogP contribution in [-0.2, 0) is 6.54 Å². The molecular weight excluding hydrogens is 263 g/mol. The van der Waals surface area contributed by atoms with Crippen LogP contribution in [0.3, 0.4) is 0 Å². The zero-order valence-electron chi connectivity index (χ0n) is 11.5. The lowest BCUT2D eigenvalue weighted by Gasteiger charge is -2.32. The predicted octanol–water partition coefficient (Wildman–Crippen LogP) is 3.44. The van der Waals surface area contributed by atoms with Gasteiger partial charge in [0.15, 0.2) is 0 Å². The second-order valence-electron chi connectivity index (χ2n) is 5.23. The van der Waals surface area contributed by atoms with Gasteiger partial charge in [0.05, 0.1) is 0 Å². The maximum atomic E-state index is 12.9. The zero-order valence-corrected chi connectivity index (χ0v) is 12.2.